The van der Waals surface area contributed by atoms with Crippen LogP contribution in [0.2, 0.25) is 0 Å². The predicted octanol–water partition coefficient (Wildman–Crippen LogP) is 1.66. The molecule has 0 aliphatic carbocycles. The van der Waals surface area contributed by atoms with Gasteiger partial charge in [0, 0.05) is 6.54 Å². The summed E-state index contributed by atoms with van der Waals surface area (Å²) in [7, 11) is 1.55. The first-order chi connectivity index (χ1) is 9.02. The molecule has 0 amide bonds. The Kier molecular flexibility index (Phi) is 3.55. The third-order valence-corrected chi connectivity index (χ3v) is 3.67. The number of phenols is 1. The number of benzene rings is 1. The number of hydrogen-bond acceptors (Lipinski definition) is 5. The SMILES string of the molecule is CCCN1C(N)=NCC1(C)c1ccc(O)c(OC)c1. The van der Waals surface area contributed by atoms with Gasteiger partial charge < -0.3 is 20.5 Å². The monoisotopic (exact) mass is 263 g/mol. The quantitative estimate of drug-likeness (QED) is 0.866. The minimum Gasteiger partial charge on any atom is -0.504 e. The van der Waals surface area contributed by atoms with E-state index in [9.17, 15) is 5.11 Å². The van der Waals surface area contributed by atoms with Crippen LogP contribution in [-0.4, -0.2) is 36.2 Å². The maximum atomic E-state index is 9.69. The zero-order valence-corrected chi connectivity index (χ0v) is 11.7. The molecule has 1 heterocycles. The van der Waals surface area contributed by atoms with E-state index in [2.05, 4.69) is 23.7 Å². The maximum absolute atomic E-state index is 9.69. The number of nitrogens with two attached hydrogens (primary N) is 1. The van der Waals surface area contributed by atoms with Gasteiger partial charge >= 0.3 is 0 Å². The smallest absolute Gasteiger partial charge is 0.192 e. The first kappa shape index (κ1) is 13.5. The van der Waals surface area contributed by atoms with E-state index in [1.165, 1.54) is 0 Å². The Labute approximate surface area is 113 Å². The second-order valence-corrected chi connectivity index (χ2v) is 4.99. The molecule has 0 spiro atoms. The number of methoxy groups -OCH3 is 1. The van der Waals surface area contributed by atoms with Crippen molar-refractivity contribution in [2.24, 2.45) is 10.7 Å². The zero-order valence-electron chi connectivity index (χ0n) is 11.7. The molecule has 2 rings (SSSR count). The Morgan fingerprint density at radius 3 is 2.89 bits per heavy atom. The summed E-state index contributed by atoms with van der Waals surface area (Å²) in [6.07, 6.45) is 1.00. The highest BCUT2D eigenvalue weighted by molar-refractivity contribution is 5.81. The topological polar surface area (TPSA) is 71.1 Å². The van der Waals surface area contributed by atoms with E-state index in [1.807, 2.05) is 12.1 Å². The Bertz CT molecular complexity index is 501. The molecule has 0 bridgehead atoms. The molecular formula is C14H21N3O2. The number of ether oxygens (including phenoxy) is 1. The number of phenolic OH excluding ortho intramolecular Hbond substituents is 1. The van der Waals surface area contributed by atoms with Crippen molar-refractivity contribution in [1.29, 1.82) is 0 Å². The fraction of sp³-hybridized carbons (Fsp3) is 0.500. The third-order valence-electron chi connectivity index (χ3n) is 3.67. The first-order valence-electron chi connectivity index (χ1n) is 6.48. The van der Waals surface area contributed by atoms with Gasteiger partial charge in [0.15, 0.2) is 17.5 Å². The summed E-state index contributed by atoms with van der Waals surface area (Å²) in [5, 5.41) is 9.69. The zero-order chi connectivity index (χ0) is 14.0. The predicted molar refractivity (Wildman–Crippen MR) is 75.5 cm³/mol. The van der Waals surface area contributed by atoms with E-state index in [1.54, 1.807) is 13.2 Å². The van der Waals surface area contributed by atoms with E-state index in [0.29, 0.717) is 18.3 Å². The van der Waals surface area contributed by atoms with Gasteiger partial charge in [-0.1, -0.05) is 13.0 Å². The molecule has 19 heavy (non-hydrogen) atoms. The normalized spacial score (nSPS) is 22.5. The van der Waals surface area contributed by atoms with Gasteiger partial charge in [-0.05, 0) is 31.0 Å². The third kappa shape index (κ3) is 2.20. The summed E-state index contributed by atoms with van der Waals surface area (Å²) in [5.74, 6) is 1.20. The van der Waals surface area contributed by atoms with Crippen molar-refractivity contribution in [1.82, 2.24) is 4.90 Å². The van der Waals surface area contributed by atoms with Gasteiger partial charge in [-0.15, -0.1) is 0 Å². The van der Waals surface area contributed by atoms with Gasteiger partial charge in [0.25, 0.3) is 0 Å². The minimum atomic E-state index is -0.277. The van der Waals surface area contributed by atoms with Crippen LogP contribution in [0.3, 0.4) is 0 Å². The molecule has 3 N–H and O–H groups in total. The van der Waals surface area contributed by atoms with Gasteiger partial charge in [-0.2, -0.15) is 0 Å². The van der Waals surface area contributed by atoms with Gasteiger partial charge in [0.05, 0.1) is 19.2 Å². The molecule has 1 unspecified atom stereocenters. The van der Waals surface area contributed by atoms with Crippen molar-refractivity contribution in [3.05, 3.63) is 23.8 Å². The van der Waals surface area contributed by atoms with Crippen molar-refractivity contribution < 1.29 is 9.84 Å². The van der Waals surface area contributed by atoms with Crippen molar-refractivity contribution >= 4 is 5.96 Å². The number of aliphatic imine (C=N–C) groups is 1. The summed E-state index contributed by atoms with van der Waals surface area (Å²) in [5.41, 5.74) is 6.74. The molecule has 0 fully saturated rings. The Morgan fingerprint density at radius 2 is 2.26 bits per heavy atom. The second-order valence-electron chi connectivity index (χ2n) is 4.99. The van der Waals surface area contributed by atoms with E-state index in [4.69, 9.17) is 10.5 Å². The standard InChI is InChI=1S/C14H21N3O2/c1-4-7-17-13(15)16-9-14(17,2)10-5-6-11(18)12(8-10)19-3/h5-6,8,18H,4,7,9H2,1-3H3,(H2,15,16). The number of guanidine groups is 1. The molecule has 0 saturated carbocycles. The van der Waals surface area contributed by atoms with Crippen LogP contribution < -0.4 is 10.5 Å². The molecule has 0 saturated heterocycles. The van der Waals surface area contributed by atoms with Crippen molar-refractivity contribution in [3.63, 3.8) is 0 Å². The summed E-state index contributed by atoms with van der Waals surface area (Å²) in [6, 6.07) is 5.40. The van der Waals surface area contributed by atoms with Crippen LogP contribution in [0.1, 0.15) is 25.8 Å². The summed E-state index contributed by atoms with van der Waals surface area (Å²) in [6.45, 7) is 5.70. The van der Waals surface area contributed by atoms with Crippen molar-refractivity contribution in [2.75, 3.05) is 20.2 Å². The molecule has 5 heteroatoms. The average molecular weight is 263 g/mol. The number of hydrogen-bond donors (Lipinski definition) is 2. The minimum absolute atomic E-state index is 0.142. The number of aromatic hydroxyl groups is 1. The van der Waals surface area contributed by atoms with E-state index in [-0.39, 0.29) is 11.3 Å². The van der Waals surface area contributed by atoms with Gasteiger partial charge in [-0.25, -0.2) is 0 Å². The lowest BCUT2D eigenvalue weighted by Gasteiger charge is -2.36. The van der Waals surface area contributed by atoms with Crippen molar-refractivity contribution in [3.8, 4) is 11.5 Å². The summed E-state index contributed by atoms with van der Waals surface area (Å²) < 4.78 is 5.18. The van der Waals surface area contributed by atoms with Crippen LogP contribution in [0.4, 0.5) is 0 Å². The molecule has 1 aliphatic heterocycles. The maximum Gasteiger partial charge on any atom is 0.192 e. The molecule has 1 aromatic carbocycles. The Morgan fingerprint density at radius 1 is 1.53 bits per heavy atom. The molecule has 0 radical (unpaired) electrons. The van der Waals surface area contributed by atoms with Crippen LogP contribution in [0.15, 0.2) is 23.2 Å². The van der Waals surface area contributed by atoms with Crippen LogP contribution in [0.25, 0.3) is 0 Å². The molecule has 0 aromatic heterocycles. The molecular weight excluding hydrogens is 242 g/mol. The number of nitrogens with zero attached hydrogens (tertiary/aromatic N) is 2. The van der Waals surface area contributed by atoms with Gasteiger partial charge in [0.2, 0.25) is 0 Å². The first-order valence-corrected chi connectivity index (χ1v) is 6.48. The highest BCUT2D eigenvalue weighted by Gasteiger charge is 2.39. The van der Waals surface area contributed by atoms with Gasteiger partial charge in [-0.3, -0.25) is 4.99 Å². The lowest BCUT2D eigenvalue weighted by atomic mass is 9.90. The highest BCUT2D eigenvalue weighted by Crippen LogP contribution is 2.37. The fourth-order valence-electron chi connectivity index (χ4n) is 2.50. The van der Waals surface area contributed by atoms with Crippen molar-refractivity contribution in [2.45, 2.75) is 25.8 Å². The van der Waals surface area contributed by atoms with Crippen LogP contribution in [0.5, 0.6) is 11.5 Å². The highest BCUT2D eigenvalue weighted by atomic mass is 16.5. The van der Waals surface area contributed by atoms with E-state index in [0.717, 1.165) is 18.5 Å². The number of rotatable bonds is 4. The molecule has 1 aliphatic rings. The average Bonchev–Trinajstić information content (AvgIpc) is 2.69. The van der Waals surface area contributed by atoms with Gasteiger partial charge in [0.1, 0.15) is 0 Å². The van der Waals surface area contributed by atoms with Crippen LogP contribution >= 0.6 is 0 Å². The summed E-state index contributed by atoms with van der Waals surface area (Å²) in [4.78, 5) is 6.47. The largest absolute Gasteiger partial charge is 0.504 e. The molecule has 5 nitrogen and oxygen atoms in total. The van der Waals surface area contributed by atoms with Crippen LogP contribution in [0, 0.1) is 0 Å². The lowest BCUT2D eigenvalue weighted by molar-refractivity contribution is 0.224. The lowest BCUT2D eigenvalue weighted by Crippen LogP contribution is -2.47. The Balaban J connectivity index is 2.39. The fourth-order valence-corrected chi connectivity index (χ4v) is 2.50. The molecule has 1 atom stereocenters. The summed E-state index contributed by atoms with van der Waals surface area (Å²) >= 11 is 0. The Hall–Kier alpha value is -1.91. The molecule has 104 valence electrons. The van der Waals surface area contributed by atoms with Crippen LogP contribution in [-0.2, 0) is 5.54 Å². The second kappa shape index (κ2) is 4.99. The van der Waals surface area contributed by atoms with E-state index >= 15 is 0 Å². The van der Waals surface area contributed by atoms with E-state index < -0.39 is 0 Å². The molecule has 1 aromatic rings.